The fourth-order valence-corrected chi connectivity index (χ4v) is 4.57. The summed E-state index contributed by atoms with van der Waals surface area (Å²) in [6.45, 7) is 2.84. The largest absolute Gasteiger partial charge is 0.311 e. The second-order valence-electron chi connectivity index (χ2n) is 6.89. The first-order valence-electron chi connectivity index (χ1n) is 8.61. The minimum atomic E-state index is 0.0642. The van der Waals surface area contributed by atoms with E-state index in [2.05, 4.69) is 45.4 Å². The number of aromatic nitrogens is 2. The first-order valence-corrected chi connectivity index (χ1v) is 9.84. The van der Waals surface area contributed by atoms with Gasteiger partial charge in [-0.25, -0.2) is 4.98 Å². The van der Waals surface area contributed by atoms with Gasteiger partial charge in [-0.05, 0) is 50.1 Å². The summed E-state index contributed by atoms with van der Waals surface area (Å²) in [5, 5.41) is 0. The van der Waals surface area contributed by atoms with Crippen LogP contribution in [0.4, 0.5) is 0 Å². The van der Waals surface area contributed by atoms with Crippen molar-refractivity contribution < 1.29 is 0 Å². The van der Waals surface area contributed by atoms with Crippen molar-refractivity contribution in [3.63, 3.8) is 0 Å². The Morgan fingerprint density at radius 3 is 2.62 bits per heavy atom. The molecule has 1 aromatic heterocycles. The quantitative estimate of drug-likeness (QED) is 0.872. The molecule has 0 radical (unpaired) electrons. The molecule has 0 amide bonds. The zero-order valence-electron chi connectivity index (χ0n) is 14.2. The maximum atomic E-state index is 12.3. The molecule has 0 aliphatic carbocycles. The van der Waals surface area contributed by atoms with E-state index in [4.69, 9.17) is 0 Å². The third-order valence-electron chi connectivity index (χ3n) is 5.38. The van der Waals surface area contributed by atoms with Crippen LogP contribution in [-0.4, -0.2) is 33.2 Å². The topological polar surface area (TPSA) is 49.0 Å². The predicted octanol–water partition coefficient (Wildman–Crippen LogP) is 2.93. The SMILES string of the molecule is CSc1ccc(CN2[C@@H]3CC[C@@H]2Cc2c(nc(C)[nH]c2=O)C3)cc1. The molecule has 4 rings (SSSR count). The van der Waals surface area contributed by atoms with Crippen molar-refractivity contribution in [1.82, 2.24) is 14.9 Å². The van der Waals surface area contributed by atoms with E-state index in [1.54, 1.807) is 11.8 Å². The van der Waals surface area contributed by atoms with Crippen LogP contribution >= 0.6 is 11.8 Å². The van der Waals surface area contributed by atoms with Crippen LogP contribution in [0.2, 0.25) is 0 Å². The highest BCUT2D eigenvalue weighted by molar-refractivity contribution is 7.98. The van der Waals surface area contributed by atoms with Gasteiger partial charge in [0.1, 0.15) is 5.82 Å². The molecule has 0 saturated carbocycles. The number of hydrogen-bond donors (Lipinski definition) is 1. The number of benzene rings is 1. The van der Waals surface area contributed by atoms with E-state index in [1.165, 1.54) is 23.3 Å². The average molecular weight is 341 g/mol. The maximum Gasteiger partial charge on any atom is 0.254 e. The minimum Gasteiger partial charge on any atom is -0.311 e. The molecule has 2 aliphatic heterocycles. The van der Waals surface area contributed by atoms with Gasteiger partial charge in [-0.15, -0.1) is 11.8 Å². The molecule has 4 nitrogen and oxygen atoms in total. The summed E-state index contributed by atoms with van der Waals surface area (Å²) >= 11 is 1.77. The van der Waals surface area contributed by atoms with E-state index >= 15 is 0 Å². The second kappa shape index (κ2) is 6.37. The van der Waals surface area contributed by atoms with Crippen molar-refractivity contribution in [2.24, 2.45) is 0 Å². The molecule has 2 aromatic rings. The van der Waals surface area contributed by atoms with Crippen LogP contribution in [-0.2, 0) is 19.4 Å². The Bertz CT molecular complexity index is 799. The first-order chi connectivity index (χ1) is 11.6. The smallest absolute Gasteiger partial charge is 0.254 e. The van der Waals surface area contributed by atoms with Gasteiger partial charge in [0, 0.05) is 35.5 Å². The van der Waals surface area contributed by atoms with Crippen molar-refractivity contribution in [3.05, 3.63) is 57.3 Å². The Hall–Kier alpha value is -1.59. The molecule has 3 heterocycles. The molecule has 1 saturated heterocycles. The minimum absolute atomic E-state index is 0.0642. The van der Waals surface area contributed by atoms with Crippen molar-refractivity contribution in [3.8, 4) is 0 Å². The monoisotopic (exact) mass is 341 g/mol. The highest BCUT2D eigenvalue weighted by Gasteiger charge is 2.38. The van der Waals surface area contributed by atoms with Crippen molar-refractivity contribution in [2.45, 2.75) is 56.1 Å². The third-order valence-corrected chi connectivity index (χ3v) is 6.13. The molecule has 24 heavy (non-hydrogen) atoms. The van der Waals surface area contributed by atoms with Gasteiger partial charge in [-0.1, -0.05) is 12.1 Å². The lowest BCUT2D eigenvalue weighted by Crippen LogP contribution is -2.36. The normalized spacial score (nSPS) is 23.1. The molecule has 1 N–H and O–H groups in total. The molecule has 126 valence electrons. The average Bonchev–Trinajstić information content (AvgIpc) is 2.84. The lowest BCUT2D eigenvalue weighted by atomic mass is 9.98. The zero-order chi connectivity index (χ0) is 16.7. The van der Waals surface area contributed by atoms with Gasteiger partial charge in [0.2, 0.25) is 0 Å². The fraction of sp³-hybridized carbons (Fsp3) is 0.474. The van der Waals surface area contributed by atoms with Gasteiger partial charge in [0.05, 0.1) is 5.69 Å². The number of fused-ring (bicyclic) bond motifs is 3. The maximum absolute atomic E-state index is 12.3. The van der Waals surface area contributed by atoms with Gasteiger partial charge >= 0.3 is 0 Å². The highest BCUT2D eigenvalue weighted by atomic mass is 32.2. The Labute approximate surface area is 146 Å². The summed E-state index contributed by atoms with van der Waals surface area (Å²) < 4.78 is 0. The van der Waals surface area contributed by atoms with E-state index in [-0.39, 0.29) is 5.56 Å². The Kier molecular flexibility index (Phi) is 4.22. The lowest BCUT2D eigenvalue weighted by Gasteiger charge is -2.27. The molecule has 0 unspecified atom stereocenters. The summed E-state index contributed by atoms with van der Waals surface area (Å²) in [6.07, 6.45) is 6.23. The van der Waals surface area contributed by atoms with Crippen LogP contribution in [0.1, 0.15) is 35.5 Å². The van der Waals surface area contributed by atoms with Crippen LogP contribution in [0.3, 0.4) is 0 Å². The summed E-state index contributed by atoms with van der Waals surface area (Å²) in [5.74, 6) is 0.732. The van der Waals surface area contributed by atoms with Gasteiger partial charge in [-0.3, -0.25) is 9.69 Å². The predicted molar refractivity (Wildman–Crippen MR) is 97.6 cm³/mol. The van der Waals surface area contributed by atoms with E-state index in [0.29, 0.717) is 12.1 Å². The number of aromatic amines is 1. The number of thioether (sulfide) groups is 1. The van der Waals surface area contributed by atoms with Gasteiger partial charge in [0.25, 0.3) is 5.56 Å². The molecular formula is C19H23N3OS. The van der Waals surface area contributed by atoms with E-state index in [1.807, 2.05) is 6.92 Å². The van der Waals surface area contributed by atoms with Crippen LogP contribution in [0.25, 0.3) is 0 Å². The number of H-pyrrole nitrogens is 1. The molecule has 1 aromatic carbocycles. The van der Waals surface area contributed by atoms with Crippen LogP contribution in [0.5, 0.6) is 0 Å². The number of nitrogens with one attached hydrogen (secondary N) is 1. The lowest BCUT2D eigenvalue weighted by molar-refractivity contribution is 0.187. The summed E-state index contributed by atoms with van der Waals surface area (Å²) in [4.78, 5) is 23.7. The Morgan fingerprint density at radius 1 is 1.21 bits per heavy atom. The van der Waals surface area contributed by atoms with E-state index in [9.17, 15) is 4.79 Å². The fourth-order valence-electron chi connectivity index (χ4n) is 4.16. The molecule has 2 atom stereocenters. The van der Waals surface area contributed by atoms with Crippen LogP contribution in [0, 0.1) is 6.92 Å². The van der Waals surface area contributed by atoms with Gasteiger partial charge < -0.3 is 4.98 Å². The summed E-state index contributed by atoms with van der Waals surface area (Å²) in [5.41, 5.74) is 3.35. The number of aryl methyl sites for hydroxylation is 1. The second-order valence-corrected chi connectivity index (χ2v) is 7.77. The van der Waals surface area contributed by atoms with Crippen molar-refractivity contribution in [1.29, 1.82) is 0 Å². The Balaban J connectivity index is 1.60. The molecular weight excluding hydrogens is 318 g/mol. The molecule has 5 heteroatoms. The van der Waals surface area contributed by atoms with E-state index < -0.39 is 0 Å². The van der Waals surface area contributed by atoms with Crippen molar-refractivity contribution >= 4 is 11.8 Å². The van der Waals surface area contributed by atoms with Gasteiger partial charge in [0.15, 0.2) is 0 Å². The van der Waals surface area contributed by atoms with Crippen LogP contribution < -0.4 is 5.56 Å². The zero-order valence-corrected chi connectivity index (χ0v) is 15.0. The summed E-state index contributed by atoms with van der Waals surface area (Å²) in [7, 11) is 0. The third kappa shape index (κ3) is 2.91. The standard InChI is InChI=1S/C19H23N3OS/c1-12-20-18-10-15-6-5-14(9-17(18)19(23)21-12)22(15)11-13-3-7-16(24-2)8-4-13/h3-4,7-8,14-15H,5-6,9-11H2,1-2H3,(H,20,21,23)/t14-,15-/m1/s1. The van der Waals surface area contributed by atoms with Gasteiger partial charge in [-0.2, -0.15) is 0 Å². The number of nitrogens with zero attached hydrogens (tertiary/aromatic N) is 2. The van der Waals surface area contributed by atoms with E-state index in [0.717, 1.165) is 36.5 Å². The number of rotatable bonds is 3. The van der Waals surface area contributed by atoms with Crippen LogP contribution in [0.15, 0.2) is 34.0 Å². The molecule has 1 fully saturated rings. The molecule has 2 aliphatic rings. The number of hydrogen-bond acceptors (Lipinski definition) is 4. The summed E-state index contributed by atoms with van der Waals surface area (Å²) in [6, 6.07) is 9.83. The first kappa shape index (κ1) is 15.9. The Morgan fingerprint density at radius 2 is 1.92 bits per heavy atom. The highest BCUT2D eigenvalue weighted by Crippen LogP contribution is 2.33. The molecule has 2 bridgehead atoms. The van der Waals surface area contributed by atoms with Crippen molar-refractivity contribution in [2.75, 3.05) is 6.26 Å². The molecule has 0 spiro atoms.